The minimum absolute atomic E-state index is 0. The Morgan fingerprint density at radius 1 is 1.43 bits per heavy atom. The highest BCUT2D eigenvalue weighted by Gasteiger charge is 2.34. The van der Waals surface area contributed by atoms with Crippen molar-refractivity contribution in [1.29, 1.82) is 0 Å². The van der Waals surface area contributed by atoms with Gasteiger partial charge in [0.05, 0.1) is 5.41 Å². The summed E-state index contributed by atoms with van der Waals surface area (Å²) in [4.78, 5) is 12.6. The summed E-state index contributed by atoms with van der Waals surface area (Å²) < 4.78 is 0. The third kappa shape index (κ3) is 4.12. The Labute approximate surface area is 138 Å². The van der Waals surface area contributed by atoms with Crippen LogP contribution in [0.2, 0.25) is 5.02 Å². The number of benzene rings is 1. The van der Waals surface area contributed by atoms with E-state index in [4.69, 9.17) is 17.3 Å². The van der Waals surface area contributed by atoms with E-state index in [0.29, 0.717) is 17.5 Å². The van der Waals surface area contributed by atoms with Gasteiger partial charge in [0.25, 0.3) is 0 Å². The summed E-state index contributed by atoms with van der Waals surface area (Å²) >= 11 is 6.02. The van der Waals surface area contributed by atoms with Crippen LogP contribution in [0.5, 0.6) is 0 Å². The fourth-order valence-corrected chi connectivity index (χ4v) is 3.06. The molecule has 2 rings (SSSR count). The van der Waals surface area contributed by atoms with Crippen LogP contribution in [-0.2, 0) is 10.2 Å². The normalized spacial score (nSPS) is 21.7. The molecule has 1 fully saturated rings. The lowest BCUT2D eigenvalue weighted by atomic mass is 9.83. The SMILES string of the molecule is CC(C)(C(=O)NC1CCCC1CN)c1cccc(Cl)c1.Cl. The molecule has 3 N–H and O–H groups in total. The molecular formula is C16H24Cl2N2O. The molecule has 0 aromatic heterocycles. The van der Waals surface area contributed by atoms with Gasteiger partial charge in [-0.1, -0.05) is 30.2 Å². The maximum absolute atomic E-state index is 12.6. The number of carbonyl (C=O) groups excluding carboxylic acids is 1. The number of rotatable bonds is 4. The second-order valence-corrected chi connectivity index (χ2v) is 6.58. The Bertz CT molecular complexity index is 491. The van der Waals surface area contributed by atoms with Gasteiger partial charge in [-0.15, -0.1) is 12.4 Å². The van der Waals surface area contributed by atoms with Crippen LogP contribution in [-0.4, -0.2) is 18.5 Å². The second kappa shape index (κ2) is 7.48. The largest absolute Gasteiger partial charge is 0.352 e. The summed E-state index contributed by atoms with van der Waals surface area (Å²) in [5, 5.41) is 3.83. The summed E-state index contributed by atoms with van der Waals surface area (Å²) in [6.45, 7) is 4.50. The zero-order valence-corrected chi connectivity index (χ0v) is 14.1. The van der Waals surface area contributed by atoms with E-state index >= 15 is 0 Å². The van der Waals surface area contributed by atoms with Crippen molar-refractivity contribution in [1.82, 2.24) is 5.32 Å². The van der Waals surface area contributed by atoms with Crippen LogP contribution < -0.4 is 11.1 Å². The van der Waals surface area contributed by atoms with Gasteiger partial charge in [0.2, 0.25) is 5.91 Å². The lowest BCUT2D eigenvalue weighted by Crippen LogP contribution is -2.47. The third-order valence-corrected chi connectivity index (χ3v) is 4.63. The molecule has 2 atom stereocenters. The first-order valence-corrected chi connectivity index (χ1v) is 7.60. The fourth-order valence-electron chi connectivity index (χ4n) is 2.87. The van der Waals surface area contributed by atoms with Crippen molar-refractivity contribution in [3.63, 3.8) is 0 Å². The van der Waals surface area contributed by atoms with Gasteiger partial charge in [-0.2, -0.15) is 0 Å². The Hall–Kier alpha value is -0.770. The molecule has 0 heterocycles. The molecule has 5 heteroatoms. The van der Waals surface area contributed by atoms with Crippen molar-refractivity contribution in [3.8, 4) is 0 Å². The number of nitrogens with two attached hydrogens (primary N) is 1. The van der Waals surface area contributed by atoms with Crippen LogP contribution in [0.15, 0.2) is 24.3 Å². The molecule has 1 aliphatic carbocycles. The lowest BCUT2D eigenvalue weighted by molar-refractivity contribution is -0.126. The highest BCUT2D eigenvalue weighted by atomic mass is 35.5. The first-order chi connectivity index (χ1) is 9.45. The molecule has 1 amide bonds. The topological polar surface area (TPSA) is 55.1 Å². The highest BCUT2D eigenvalue weighted by molar-refractivity contribution is 6.30. The first-order valence-electron chi connectivity index (χ1n) is 7.22. The molecule has 1 aromatic rings. The van der Waals surface area contributed by atoms with E-state index < -0.39 is 5.41 Å². The maximum atomic E-state index is 12.6. The van der Waals surface area contributed by atoms with E-state index in [1.807, 2.05) is 38.1 Å². The molecule has 0 saturated heterocycles. The molecule has 21 heavy (non-hydrogen) atoms. The molecule has 0 bridgehead atoms. The average Bonchev–Trinajstić information content (AvgIpc) is 2.86. The minimum Gasteiger partial charge on any atom is -0.352 e. The van der Waals surface area contributed by atoms with Crippen molar-refractivity contribution in [3.05, 3.63) is 34.9 Å². The van der Waals surface area contributed by atoms with E-state index in [0.717, 1.165) is 24.8 Å². The predicted molar refractivity (Wildman–Crippen MR) is 90.1 cm³/mol. The molecule has 1 aromatic carbocycles. The van der Waals surface area contributed by atoms with Gasteiger partial charge in [0.1, 0.15) is 0 Å². The fraction of sp³-hybridized carbons (Fsp3) is 0.562. The van der Waals surface area contributed by atoms with Crippen molar-refractivity contribution >= 4 is 29.9 Å². The molecule has 3 nitrogen and oxygen atoms in total. The van der Waals surface area contributed by atoms with Crippen LogP contribution in [0, 0.1) is 5.92 Å². The number of nitrogens with one attached hydrogen (secondary N) is 1. The summed E-state index contributed by atoms with van der Waals surface area (Å²) in [6, 6.07) is 7.72. The van der Waals surface area contributed by atoms with Crippen molar-refractivity contribution < 1.29 is 4.79 Å². The molecule has 0 radical (unpaired) electrons. The summed E-state index contributed by atoms with van der Waals surface area (Å²) in [5.41, 5.74) is 6.12. The minimum atomic E-state index is -0.591. The van der Waals surface area contributed by atoms with Gasteiger partial charge in [-0.25, -0.2) is 0 Å². The monoisotopic (exact) mass is 330 g/mol. The number of hydrogen-bond donors (Lipinski definition) is 2. The molecule has 2 unspecified atom stereocenters. The quantitative estimate of drug-likeness (QED) is 0.890. The molecule has 0 aliphatic heterocycles. The van der Waals surface area contributed by atoms with E-state index in [2.05, 4.69) is 5.32 Å². The van der Waals surface area contributed by atoms with Gasteiger partial charge in [0, 0.05) is 11.1 Å². The Kier molecular flexibility index (Phi) is 6.51. The number of carbonyl (C=O) groups is 1. The van der Waals surface area contributed by atoms with Crippen LogP contribution in [0.4, 0.5) is 0 Å². The van der Waals surface area contributed by atoms with Crippen LogP contribution in [0.3, 0.4) is 0 Å². The molecule has 1 saturated carbocycles. The van der Waals surface area contributed by atoms with Gasteiger partial charge >= 0.3 is 0 Å². The average molecular weight is 331 g/mol. The van der Waals surface area contributed by atoms with Crippen molar-refractivity contribution in [2.45, 2.75) is 44.6 Å². The molecule has 118 valence electrons. The van der Waals surface area contributed by atoms with Crippen LogP contribution in [0.1, 0.15) is 38.7 Å². The van der Waals surface area contributed by atoms with Crippen LogP contribution in [0.25, 0.3) is 0 Å². The maximum Gasteiger partial charge on any atom is 0.230 e. The Balaban J connectivity index is 0.00000220. The number of hydrogen-bond acceptors (Lipinski definition) is 2. The third-order valence-electron chi connectivity index (χ3n) is 4.39. The summed E-state index contributed by atoms with van der Waals surface area (Å²) in [7, 11) is 0. The van der Waals surface area contributed by atoms with E-state index in [1.165, 1.54) is 0 Å². The lowest BCUT2D eigenvalue weighted by Gasteiger charge is -2.28. The molecule has 0 spiro atoms. The summed E-state index contributed by atoms with van der Waals surface area (Å²) in [5.74, 6) is 0.458. The van der Waals surface area contributed by atoms with Gasteiger partial charge < -0.3 is 11.1 Å². The zero-order valence-electron chi connectivity index (χ0n) is 12.6. The Morgan fingerprint density at radius 2 is 2.14 bits per heavy atom. The van der Waals surface area contributed by atoms with E-state index in [-0.39, 0.29) is 24.4 Å². The van der Waals surface area contributed by atoms with Gasteiger partial charge in [-0.05, 0) is 56.8 Å². The van der Waals surface area contributed by atoms with Crippen molar-refractivity contribution in [2.75, 3.05) is 6.54 Å². The number of amides is 1. The van der Waals surface area contributed by atoms with Gasteiger partial charge in [0.15, 0.2) is 0 Å². The van der Waals surface area contributed by atoms with E-state index in [9.17, 15) is 4.79 Å². The van der Waals surface area contributed by atoms with Gasteiger partial charge in [-0.3, -0.25) is 4.79 Å². The summed E-state index contributed by atoms with van der Waals surface area (Å²) in [6.07, 6.45) is 3.28. The molecule has 1 aliphatic rings. The second-order valence-electron chi connectivity index (χ2n) is 6.14. The molecular weight excluding hydrogens is 307 g/mol. The highest BCUT2D eigenvalue weighted by Crippen LogP contribution is 2.29. The van der Waals surface area contributed by atoms with Crippen molar-refractivity contribution in [2.24, 2.45) is 11.7 Å². The first kappa shape index (κ1) is 18.3. The van der Waals surface area contributed by atoms with Crippen LogP contribution >= 0.6 is 24.0 Å². The number of halogens is 2. The van der Waals surface area contributed by atoms with E-state index in [1.54, 1.807) is 0 Å². The smallest absolute Gasteiger partial charge is 0.230 e. The standard InChI is InChI=1S/C16H23ClN2O.ClH/c1-16(2,12-6-4-7-13(17)9-12)15(20)19-14-8-3-5-11(14)10-18;/h4,6-7,9,11,14H,3,5,8,10,18H2,1-2H3,(H,19,20);1H. The Morgan fingerprint density at radius 3 is 2.76 bits per heavy atom. The zero-order chi connectivity index (χ0) is 14.8. The predicted octanol–water partition coefficient (Wildman–Crippen LogP) is 3.28.